The fourth-order valence-electron chi connectivity index (χ4n) is 4.31. The molecule has 3 nitrogen and oxygen atoms in total. The van der Waals surface area contributed by atoms with Gasteiger partial charge in [-0.2, -0.15) is 11.8 Å². The second-order valence-electron chi connectivity index (χ2n) is 7.72. The molecule has 0 bridgehead atoms. The van der Waals surface area contributed by atoms with Gasteiger partial charge in [-0.25, -0.2) is 4.79 Å². The van der Waals surface area contributed by atoms with Crippen LogP contribution >= 0.6 is 11.8 Å². The largest absolute Gasteiger partial charge is 0.478 e. The molecule has 2 N–H and O–H groups in total. The van der Waals surface area contributed by atoms with Gasteiger partial charge in [0.05, 0.1) is 6.61 Å². The third-order valence-electron chi connectivity index (χ3n) is 5.68. The number of hydrogen-bond acceptors (Lipinski definition) is 3. The maximum atomic E-state index is 10.5. The summed E-state index contributed by atoms with van der Waals surface area (Å²) in [5, 5.41) is 18.5. The highest BCUT2D eigenvalue weighted by molar-refractivity contribution is 7.99. The predicted octanol–water partition coefficient (Wildman–Crippen LogP) is 6.06. The Morgan fingerprint density at radius 1 is 1.04 bits per heavy atom. The molecule has 0 spiro atoms. The Kier molecular flexibility index (Phi) is 14.1. The van der Waals surface area contributed by atoms with E-state index in [0.717, 1.165) is 35.7 Å². The molecule has 152 valence electrons. The van der Waals surface area contributed by atoms with Crippen molar-refractivity contribution in [2.24, 2.45) is 11.8 Å². The number of aliphatic hydroxyl groups excluding tert-OH is 1. The lowest BCUT2D eigenvalue weighted by Crippen LogP contribution is -2.18. The number of aliphatic hydroxyl groups is 1. The topological polar surface area (TPSA) is 57.5 Å². The minimum atomic E-state index is -0.844. The molecule has 1 unspecified atom stereocenters. The Morgan fingerprint density at radius 2 is 1.77 bits per heavy atom. The number of allylic oxidation sites excluding steroid dienone is 1. The van der Waals surface area contributed by atoms with Gasteiger partial charge in [0.15, 0.2) is 0 Å². The van der Waals surface area contributed by atoms with Crippen LogP contribution in [-0.2, 0) is 4.79 Å². The van der Waals surface area contributed by atoms with Crippen LogP contribution in [0.25, 0.3) is 0 Å². The van der Waals surface area contributed by atoms with Crippen LogP contribution in [0.2, 0.25) is 0 Å². The van der Waals surface area contributed by atoms with Crippen molar-refractivity contribution in [1.82, 2.24) is 0 Å². The van der Waals surface area contributed by atoms with Crippen LogP contribution in [0.5, 0.6) is 0 Å². The maximum Gasteiger partial charge on any atom is 0.327 e. The molecule has 1 saturated carbocycles. The Labute approximate surface area is 165 Å². The van der Waals surface area contributed by atoms with Crippen LogP contribution in [0.4, 0.5) is 0 Å². The highest BCUT2D eigenvalue weighted by Crippen LogP contribution is 2.44. The molecule has 1 rings (SSSR count). The molecule has 1 aliphatic rings. The first kappa shape index (κ1) is 23.6. The first-order chi connectivity index (χ1) is 12.7. The molecular formula is C22H40O3S. The Morgan fingerprint density at radius 3 is 2.50 bits per heavy atom. The van der Waals surface area contributed by atoms with E-state index in [1.165, 1.54) is 76.7 Å². The normalized spacial score (nSPS) is 23.1. The average molecular weight is 385 g/mol. The van der Waals surface area contributed by atoms with E-state index in [4.69, 9.17) is 10.2 Å². The van der Waals surface area contributed by atoms with Crippen molar-refractivity contribution >= 4 is 17.7 Å². The van der Waals surface area contributed by atoms with Gasteiger partial charge in [0, 0.05) is 17.1 Å². The lowest BCUT2D eigenvalue weighted by Gasteiger charge is -2.25. The van der Waals surface area contributed by atoms with Gasteiger partial charge in [-0.05, 0) is 43.9 Å². The van der Waals surface area contributed by atoms with Gasteiger partial charge in [-0.15, -0.1) is 0 Å². The molecule has 0 aromatic carbocycles. The van der Waals surface area contributed by atoms with E-state index >= 15 is 0 Å². The number of rotatable bonds is 16. The third kappa shape index (κ3) is 10.6. The molecule has 4 heteroatoms. The number of carboxylic acid groups (broad SMARTS) is 1. The fraction of sp³-hybridized carbons (Fsp3) is 0.864. The molecule has 0 amide bonds. The van der Waals surface area contributed by atoms with Gasteiger partial charge in [-0.1, -0.05) is 64.4 Å². The van der Waals surface area contributed by atoms with Gasteiger partial charge in [0.25, 0.3) is 0 Å². The Bertz CT molecular complexity index is 384. The first-order valence-corrected chi connectivity index (χ1v) is 11.9. The van der Waals surface area contributed by atoms with E-state index < -0.39 is 5.97 Å². The molecule has 0 saturated heterocycles. The summed E-state index contributed by atoms with van der Waals surface area (Å²) in [5.41, 5.74) is 0. The van der Waals surface area contributed by atoms with Gasteiger partial charge in [0.1, 0.15) is 0 Å². The van der Waals surface area contributed by atoms with Gasteiger partial charge in [0.2, 0.25) is 0 Å². The van der Waals surface area contributed by atoms with Crippen molar-refractivity contribution in [1.29, 1.82) is 0 Å². The lowest BCUT2D eigenvalue weighted by atomic mass is 9.86. The van der Waals surface area contributed by atoms with Crippen LogP contribution in [0.1, 0.15) is 90.4 Å². The number of carboxylic acids is 1. The van der Waals surface area contributed by atoms with Crippen LogP contribution in [0, 0.1) is 11.8 Å². The summed E-state index contributed by atoms with van der Waals surface area (Å²) in [5.74, 6) is 1.70. The maximum absolute atomic E-state index is 10.5. The zero-order valence-electron chi connectivity index (χ0n) is 16.7. The van der Waals surface area contributed by atoms with Crippen LogP contribution < -0.4 is 0 Å². The monoisotopic (exact) mass is 384 g/mol. The van der Waals surface area contributed by atoms with Crippen LogP contribution in [-0.4, -0.2) is 33.8 Å². The molecule has 26 heavy (non-hydrogen) atoms. The van der Waals surface area contributed by atoms with E-state index in [1.807, 2.05) is 11.8 Å². The Balaban J connectivity index is 2.31. The second kappa shape index (κ2) is 15.6. The molecule has 0 radical (unpaired) electrons. The summed E-state index contributed by atoms with van der Waals surface area (Å²) >= 11 is 1.99. The Hall–Kier alpha value is -0.480. The van der Waals surface area contributed by atoms with Crippen LogP contribution in [0.15, 0.2) is 12.2 Å². The van der Waals surface area contributed by atoms with E-state index in [9.17, 15) is 4.79 Å². The van der Waals surface area contributed by atoms with Gasteiger partial charge >= 0.3 is 5.97 Å². The standard InChI is InChI=1S/C22H40O3S/c1-2-3-4-5-6-10-13-20-19(15-16-21(20)26-18-17-23)12-9-7-8-11-14-22(24)25/h11,14,19-21,23H,2-10,12-13,15-18H2,1H3,(H,24,25)/t19-,20+,21?/m0/s1. The molecular weight excluding hydrogens is 344 g/mol. The third-order valence-corrected chi connectivity index (χ3v) is 7.11. The number of unbranched alkanes of at least 4 members (excludes halogenated alkanes) is 7. The quantitative estimate of drug-likeness (QED) is 0.251. The number of carbonyl (C=O) groups is 1. The zero-order valence-corrected chi connectivity index (χ0v) is 17.5. The van der Waals surface area contributed by atoms with E-state index in [0.29, 0.717) is 6.61 Å². The predicted molar refractivity (Wildman–Crippen MR) is 113 cm³/mol. The molecule has 3 atom stereocenters. The fourth-order valence-corrected chi connectivity index (χ4v) is 5.63. The van der Waals surface area contributed by atoms with Crippen molar-refractivity contribution < 1.29 is 15.0 Å². The summed E-state index contributed by atoms with van der Waals surface area (Å²) in [6.45, 7) is 2.56. The van der Waals surface area contributed by atoms with Crippen molar-refractivity contribution in [3.63, 3.8) is 0 Å². The molecule has 0 aliphatic heterocycles. The minimum absolute atomic E-state index is 0.297. The van der Waals surface area contributed by atoms with Crippen molar-refractivity contribution in [2.75, 3.05) is 12.4 Å². The SMILES string of the molecule is CCCCCCCC[C@H]1C(SCCO)CC[C@@H]1CCCCC=CC(=O)O. The van der Waals surface area contributed by atoms with Gasteiger partial charge < -0.3 is 10.2 Å². The minimum Gasteiger partial charge on any atom is -0.478 e. The van der Waals surface area contributed by atoms with Crippen molar-refractivity contribution in [2.45, 2.75) is 95.6 Å². The molecule has 0 heterocycles. The summed E-state index contributed by atoms with van der Waals surface area (Å²) < 4.78 is 0. The summed E-state index contributed by atoms with van der Waals surface area (Å²) in [6, 6.07) is 0. The summed E-state index contributed by atoms with van der Waals surface area (Å²) in [7, 11) is 0. The summed E-state index contributed by atoms with van der Waals surface area (Å²) in [4.78, 5) is 10.5. The number of thioether (sulfide) groups is 1. The van der Waals surface area contributed by atoms with Crippen molar-refractivity contribution in [3.8, 4) is 0 Å². The van der Waals surface area contributed by atoms with E-state index in [1.54, 1.807) is 6.08 Å². The highest BCUT2D eigenvalue weighted by Gasteiger charge is 2.34. The number of hydrogen-bond donors (Lipinski definition) is 2. The van der Waals surface area contributed by atoms with Crippen LogP contribution in [0.3, 0.4) is 0 Å². The molecule has 1 aliphatic carbocycles. The summed E-state index contributed by atoms with van der Waals surface area (Å²) in [6.07, 6.45) is 19.7. The average Bonchev–Trinajstić information content (AvgIpc) is 3.00. The molecule has 1 fully saturated rings. The zero-order chi connectivity index (χ0) is 19.0. The number of aliphatic carboxylic acids is 1. The highest BCUT2D eigenvalue weighted by atomic mass is 32.2. The first-order valence-electron chi connectivity index (χ1n) is 10.8. The molecule has 0 aromatic rings. The second-order valence-corrected chi connectivity index (χ2v) is 9.06. The lowest BCUT2D eigenvalue weighted by molar-refractivity contribution is -0.131. The molecule has 0 aromatic heterocycles. The van der Waals surface area contributed by atoms with Gasteiger partial charge in [-0.3, -0.25) is 0 Å². The smallest absolute Gasteiger partial charge is 0.327 e. The van der Waals surface area contributed by atoms with Crippen molar-refractivity contribution in [3.05, 3.63) is 12.2 Å². The van der Waals surface area contributed by atoms with E-state index in [2.05, 4.69) is 6.92 Å². The van der Waals surface area contributed by atoms with E-state index in [-0.39, 0.29) is 0 Å².